The van der Waals surface area contributed by atoms with Gasteiger partial charge in [0.1, 0.15) is 34.4 Å². The molecule has 0 aliphatic heterocycles. The molecule has 0 radical (unpaired) electrons. The number of alkyl halides is 3. The van der Waals surface area contributed by atoms with Crippen LogP contribution in [0.25, 0.3) is 17.1 Å². The maximum atomic E-state index is 15.0. The molecule has 1 amide bonds. The smallest absolute Gasteiger partial charge is 0.406 e. The van der Waals surface area contributed by atoms with E-state index < -0.39 is 57.8 Å². The molecule has 0 saturated carbocycles. The van der Waals surface area contributed by atoms with Gasteiger partial charge in [-0.25, -0.2) is 13.8 Å². The minimum absolute atomic E-state index is 0.0442. The van der Waals surface area contributed by atoms with E-state index in [4.69, 9.17) is 11.6 Å². The lowest BCUT2D eigenvalue weighted by Gasteiger charge is -2.18. The highest BCUT2D eigenvalue weighted by Crippen LogP contribution is 2.34. The summed E-state index contributed by atoms with van der Waals surface area (Å²) in [6.45, 7) is 2.93. The average Bonchev–Trinajstić information content (AvgIpc) is 3.06. The molecule has 0 unspecified atom stereocenters. The van der Waals surface area contributed by atoms with Gasteiger partial charge in [0.15, 0.2) is 5.82 Å². The van der Waals surface area contributed by atoms with Crippen LogP contribution in [0.1, 0.15) is 29.9 Å². The van der Waals surface area contributed by atoms with Gasteiger partial charge in [-0.2, -0.15) is 4.68 Å². The van der Waals surface area contributed by atoms with Crippen LogP contribution in [0.15, 0.2) is 59.4 Å². The zero-order valence-electron chi connectivity index (χ0n) is 21.0. The lowest BCUT2D eigenvalue weighted by atomic mass is 10.1. The summed E-state index contributed by atoms with van der Waals surface area (Å²) >= 11 is 5.76. The molecule has 2 N–H and O–H groups in total. The molecule has 0 aliphatic rings. The first-order valence-electron chi connectivity index (χ1n) is 11.4. The molecule has 4 aromatic rings. The summed E-state index contributed by atoms with van der Waals surface area (Å²) in [7, 11) is 1.29. The molecule has 0 saturated heterocycles. The summed E-state index contributed by atoms with van der Waals surface area (Å²) in [6.07, 6.45) is -4.95. The fourth-order valence-corrected chi connectivity index (χ4v) is 4.10. The molecule has 8 nitrogen and oxygen atoms in total. The summed E-state index contributed by atoms with van der Waals surface area (Å²) in [5, 5.41) is 12.4. The maximum Gasteiger partial charge on any atom is 0.573 e. The van der Waals surface area contributed by atoms with Crippen LogP contribution in [0.4, 0.5) is 27.6 Å². The number of anilines is 1. The Labute approximate surface area is 228 Å². The number of amides is 1. The molecule has 210 valence electrons. The number of benzene rings is 2. The van der Waals surface area contributed by atoms with Crippen molar-refractivity contribution < 1.29 is 36.6 Å². The highest BCUT2D eigenvalue weighted by Gasteiger charge is 2.31. The molecule has 0 fully saturated rings. The van der Waals surface area contributed by atoms with Gasteiger partial charge in [-0.3, -0.25) is 14.3 Å². The molecule has 0 bridgehead atoms. The zero-order chi connectivity index (χ0) is 29.6. The first kappa shape index (κ1) is 28.8. The summed E-state index contributed by atoms with van der Waals surface area (Å²) in [4.78, 5) is 30.9. The van der Waals surface area contributed by atoms with E-state index in [0.29, 0.717) is 0 Å². The van der Waals surface area contributed by atoms with Crippen molar-refractivity contribution >= 4 is 23.2 Å². The fraction of sp³-hybridized carbons (Fsp3) is 0.192. The van der Waals surface area contributed by atoms with E-state index in [1.807, 2.05) is 0 Å². The van der Waals surface area contributed by atoms with Crippen molar-refractivity contribution in [3.8, 4) is 22.8 Å². The van der Waals surface area contributed by atoms with Gasteiger partial charge < -0.3 is 15.2 Å². The van der Waals surface area contributed by atoms with Crippen LogP contribution in [0.3, 0.4) is 0 Å². The largest absolute Gasteiger partial charge is 0.573 e. The van der Waals surface area contributed by atoms with E-state index >= 15 is 8.78 Å². The van der Waals surface area contributed by atoms with Crippen LogP contribution >= 0.6 is 11.6 Å². The average molecular weight is 583 g/mol. The quantitative estimate of drug-likeness (QED) is 0.291. The monoisotopic (exact) mass is 582 g/mol. The van der Waals surface area contributed by atoms with Gasteiger partial charge in [0.05, 0.1) is 11.3 Å². The number of aliphatic hydroxyl groups is 1. The Morgan fingerprint density at radius 1 is 1.05 bits per heavy atom. The van der Waals surface area contributed by atoms with E-state index in [1.54, 1.807) is 0 Å². The van der Waals surface area contributed by atoms with Crippen LogP contribution in [0.5, 0.6) is 5.75 Å². The predicted octanol–water partition coefficient (Wildman–Crippen LogP) is 5.55. The van der Waals surface area contributed by atoms with E-state index in [9.17, 15) is 27.9 Å². The normalized spacial score (nSPS) is 11.9. The lowest BCUT2D eigenvalue weighted by Crippen LogP contribution is -2.25. The van der Waals surface area contributed by atoms with Gasteiger partial charge >= 0.3 is 6.36 Å². The van der Waals surface area contributed by atoms with Crippen molar-refractivity contribution in [2.75, 3.05) is 5.32 Å². The van der Waals surface area contributed by atoms with Crippen molar-refractivity contribution in [3.63, 3.8) is 0 Å². The number of nitrogens with one attached hydrogen (secondary N) is 1. The molecule has 40 heavy (non-hydrogen) atoms. The van der Waals surface area contributed by atoms with E-state index in [1.165, 1.54) is 39.1 Å². The van der Waals surface area contributed by atoms with Crippen LogP contribution in [-0.2, 0) is 12.6 Å². The number of ether oxygens (including phenoxy) is 1. The molecule has 4 rings (SSSR count). The first-order valence-corrected chi connectivity index (χ1v) is 11.8. The van der Waals surface area contributed by atoms with Crippen LogP contribution in [-0.4, -0.2) is 31.7 Å². The van der Waals surface area contributed by atoms with Crippen LogP contribution in [0.2, 0.25) is 5.02 Å². The molecule has 2 aromatic carbocycles. The Balaban J connectivity index is 1.87. The highest BCUT2D eigenvalue weighted by atomic mass is 35.5. The molecular weight excluding hydrogens is 563 g/mol. The van der Waals surface area contributed by atoms with Crippen molar-refractivity contribution in [1.82, 2.24) is 14.3 Å². The van der Waals surface area contributed by atoms with Crippen molar-refractivity contribution in [2.24, 2.45) is 7.05 Å². The SMILES string of the molecule is Cn1c(-c2c(F)cc(Cl)cc2F)c(NC(=O)c2ccc(OC(F)(F)F)cc2)c(=O)n1-c1cccc(C(C)(C)O)n1. The number of pyridine rings is 1. The zero-order valence-corrected chi connectivity index (χ0v) is 21.7. The van der Waals surface area contributed by atoms with Crippen molar-refractivity contribution in [1.29, 1.82) is 0 Å². The third kappa shape index (κ3) is 5.84. The van der Waals surface area contributed by atoms with Gasteiger partial charge in [0.2, 0.25) is 0 Å². The standard InChI is InChI=1S/C26H20ClF5N4O4/c1-25(2,39)18-5-4-6-19(33-18)36-24(38)21(22(35(36)3)20-16(28)11-14(27)12-17(20)29)34-23(37)13-7-9-15(10-8-13)40-26(30,31)32/h4-12,39H,1-3H3,(H,34,37). The highest BCUT2D eigenvalue weighted by molar-refractivity contribution is 6.30. The van der Waals surface area contributed by atoms with Gasteiger partial charge in [-0.15, -0.1) is 13.2 Å². The molecule has 2 heterocycles. The van der Waals surface area contributed by atoms with E-state index in [2.05, 4.69) is 15.0 Å². The number of hydrogen-bond acceptors (Lipinski definition) is 5. The number of carbonyl (C=O) groups is 1. The second-order valence-corrected chi connectivity index (χ2v) is 9.51. The Bertz CT molecular complexity index is 1630. The minimum Gasteiger partial charge on any atom is -0.406 e. The Morgan fingerprint density at radius 2 is 1.65 bits per heavy atom. The minimum atomic E-state index is -4.95. The van der Waals surface area contributed by atoms with Gasteiger partial charge in [-0.1, -0.05) is 17.7 Å². The van der Waals surface area contributed by atoms with E-state index in [-0.39, 0.29) is 22.1 Å². The van der Waals surface area contributed by atoms with Gasteiger partial charge in [0.25, 0.3) is 11.5 Å². The lowest BCUT2D eigenvalue weighted by molar-refractivity contribution is -0.274. The second kappa shape index (κ2) is 10.4. The Kier molecular flexibility index (Phi) is 7.47. The molecule has 14 heteroatoms. The van der Waals surface area contributed by atoms with Crippen LogP contribution in [0, 0.1) is 11.6 Å². The molecular formula is C26H20ClF5N4O4. The summed E-state index contributed by atoms with van der Waals surface area (Å²) < 4.78 is 73.3. The van der Waals surface area contributed by atoms with Crippen molar-refractivity contribution in [2.45, 2.75) is 25.8 Å². The number of nitrogens with zero attached hydrogens (tertiary/aromatic N) is 3. The van der Waals surface area contributed by atoms with Crippen LogP contribution < -0.4 is 15.6 Å². The fourth-order valence-electron chi connectivity index (χ4n) is 3.91. The summed E-state index contributed by atoms with van der Waals surface area (Å²) in [5.41, 5.74) is -4.00. The number of rotatable bonds is 6. The maximum absolute atomic E-state index is 15.0. The summed E-state index contributed by atoms with van der Waals surface area (Å²) in [6, 6.07) is 9.84. The van der Waals surface area contributed by atoms with Crippen molar-refractivity contribution in [3.05, 3.63) is 92.9 Å². The molecule has 2 aromatic heterocycles. The first-order chi connectivity index (χ1) is 18.6. The third-order valence-corrected chi connectivity index (χ3v) is 5.90. The number of carbonyl (C=O) groups excluding carboxylic acids is 1. The molecule has 0 spiro atoms. The third-order valence-electron chi connectivity index (χ3n) is 5.68. The van der Waals surface area contributed by atoms with Gasteiger partial charge in [-0.05, 0) is 62.4 Å². The second-order valence-electron chi connectivity index (χ2n) is 9.07. The summed E-state index contributed by atoms with van der Waals surface area (Å²) in [5.74, 6) is -3.88. The number of aromatic nitrogens is 3. The Morgan fingerprint density at radius 3 is 2.20 bits per heavy atom. The van der Waals surface area contributed by atoms with Gasteiger partial charge in [0, 0.05) is 17.6 Å². The molecule has 0 atom stereocenters. The topological polar surface area (TPSA) is 98.4 Å². The Hall–Kier alpha value is -4.23. The predicted molar refractivity (Wildman–Crippen MR) is 135 cm³/mol. The number of hydrogen-bond donors (Lipinski definition) is 2. The number of halogens is 6. The molecule has 0 aliphatic carbocycles. The van der Waals surface area contributed by atoms with E-state index in [0.717, 1.165) is 45.8 Å².